The predicted octanol–water partition coefficient (Wildman–Crippen LogP) is -0.197. The van der Waals surface area contributed by atoms with Gasteiger partial charge in [-0.1, -0.05) is 0 Å². The van der Waals surface area contributed by atoms with Gasteiger partial charge in [0, 0.05) is 6.04 Å². The van der Waals surface area contributed by atoms with Crippen molar-refractivity contribution in [2.45, 2.75) is 44.7 Å². The fourth-order valence-electron chi connectivity index (χ4n) is 1.57. The van der Waals surface area contributed by atoms with Gasteiger partial charge in [-0.15, -0.1) is 0 Å². The van der Waals surface area contributed by atoms with Gasteiger partial charge in [0.2, 0.25) is 5.91 Å². The first-order valence-corrected chi connectivity index (χ1v) is 5.82. The molecule has 1 aliphatic carbocycles. The number of hydrogen-bond donors (Lipinski definition) is 4. The smallest absolute Gasteiger partial charge is 0.315 e. The van der Waals surface area contributed by atoms with Gasteiger partial charge in [0.25, 0.3) is 0 Å². The van der Waals surface area contributed by atoms with Gasteiger partial charge in [0.15, 0.2) is 0 Å². The minimum atomic E-state index is -1.17. The van der Waals surface area contributed by atoms with E-state index in [-0.39, 0.29) is 12.3 Å². The molecule has 0 aromatic heterocycles. The summed E-state index contributed by atoms with van der Waals surface area (Å²) in [6.45, 7) is 2.97. The first kappa shape index (κ1) is 14.3. The third kappa shape index (κ3) is 4.23. The molecule has 1 rings (SSSR count). The van der Waals surface area contributed by atoms with E-state index in [1.807, 2.05) is 0 Å². The summed E-state index contributed by atoms with van der Waals surface area (Å²) in [6.07, 6.45) is 1.71. The van der Waals surface area contributed by atoms with E-state index in [1.54, 1.807) is 0 Å². The van der Waals surface area contributed by atoms with Crippen molar-refractivity contribution in [2.75, 3.05) is 0 Å². The lowest BCUT2D eigenvalue weighted by Crippen LogP contribution is -2.57. The number of aliphatic carboxylic acids is 1. The van der Waals surface area contributed by atoms with Crippen LogP contribution in [-0.4, -0.2) is 34.6 Å². The van der Waals surface area contributed by atoms with Crippen molar-refractivity contribution in [3.05, 3.63) is 0 Å². The summed E-state index contributed by atoms with van der Waals surface area (Å²) in [6, 6.07) is -0.969. The fourth-order valence-corrected chi connectivity index (χ4v) is 1.57. The number of rotatable bonds is 6. The summed E-state index contributed by atoms with van der Waals surface area (Å²) in [4.78, 5) is 33.4. The van der Waals surface area contributed by atoms with Crippen LogP contribution in [0.15, 0.2) is 0 Å². The standard InChI is InChI=1S/C11H19N3O4/c1-11(2,9(12)17)14-10(18)13-7(5-8(15)16)6-3-4-6/h6-7H,3-5H2,1-2H3,(H2,12,17)(H,15,16)(H2,13,14,18). The summed E-state index contributed by atoms with van der Waals surface area (Å²) in [5, 5.41) is 13.8. The highest BCUT2D eigenvalue weighted by molar-refractivity contribution is 5.89. The van der Waals surface area contributed by atoms with E-state index in [4.69, 9.17) is 10.8 Å². The molecule has 0 bridgehead atoms. The lowest BCUT2D eigenvalue weighted by molar-refractivity contribution is -0.137. The normalized spacial score (nSPS) is 16.8. The number of carbonyl (C=O) groups is 3. The maximum Gasteiger partial charge on any atom is 0.315 e. The molecule has 18 heavy (non-hydrogen) atoms. The summed E-state index contributed by atoms with van der Waals surface area (Å²) >= 11 is 0. The summed E-state index contributed by atoms with van der Waals surface area (Å²) in [5.74, 6) is -1.40. The number of hydrogen-bond acceptors (Lipinski definition) is 3. The second kappa shape index (κ2) is 5.24. The van der Waals surface area contributed by atoms with Crippen molar-refractivity contribution in [1.82, 2.24) is 10.6 Å². The predicted molar refractivity (Wildman–Crippen MR) is 63.7 cm³/mol. The molecule has 102 valence electrons. The topological polar surface area (TPSA) is 122 Å². The van der Waals surface area contributed by atoms with Crippen LogP contribution in [-0.2, 0) is 9.59 Å². The van der Waals surface area contributed by atoms with E-state index in [2.05, 4.69) is 10.6 Å². The van der Waals surface area contributed by atoms with Crippen molar-refractivity contribution >= 4 is 17.9 Å². The lowest BCUT2D eigenvalue weighted by atomic mass is 10.1. The molecule has 7 nitrogen and oxygen atoms in total. The van der Waals surface area contributed by atoms with Gasteiger partial charge >= 0.3 is 12.0 Å². The number of urea groups is 1. The third-order valence-corrected chi connectivity index (χ3v) is 2.94. The minimum absolute atomic E-state index is 0.116. The number of nitrogens with one attached hydrogen (secondary N) is 2. The van der Waals surface area contributed by atoms with Gasteiger partial charge in [0.1, 0.15) is 5.54 Å². The summed E-state index contributed by atoms with van der Waals surface area (Å²) in [7, 11) is 0. The number of nitrogens with two attached hydrogens (primary N) is 1. The van der Waals surface area contributed by atoms with E-state index in [1.165, 1.54) is 13.8 Å². The molecule has 1 unspecified atom stereocenters. The molecular weight excluding hydrogens is 238 g/mol. The number of primary amides is 1. The number of carbonyl (C=O) groups excluding carboxylic acids is 2. The van der Waals surface area contributed by atoms with Crippen LogP contribution in [0.3, 0.4) is 0 Å². The number of carboxylic acid groups (broad SMARTS) is 1. The Kier molecular flexibility index (Phi) is 4.15. The molecule has 1 fully saturated rings. The Morgan fingerprint density at radius 1 is 1.39 bits per heavy atom. The molecule has 1 atom stereocenters. The fraction of sp³-hybridized carbons (Fsp3) is 0.727. The second-order valence-electron chi connectivity index (χ2n) is 5.13. The molecule has 0 aromatic rings. The van der Waals surface area contributed by atoms with Crippen molar-refractivity contribution < 1.29 is 19.5 Å². The highest BCUT2D eigenvalue weighted by atomic mass is 16.4. The molecule has 1 aliphatic rings. The van der Waals surface area contributed by atoms with Crippen LogP contribution >= 0.6 is 0 Å². The SMILES string of the molecule is CC(C)(NC(=O)NC(CC(=O)O)C1CC1)C(N)=O. The molecular formula is C11H19N3O4. The first-order chi connectivity index (χ1) is 8.22. The zero-order valence-electron chi connectivity index (χ0n) is 10.5. The third-order valence-electron chi connectivity index (χ3n) is 2.94. The summed E-state index contributed by atoms with van der Waals surface area (Å²) in [5.41, 5.74) is 3.96. The maximum atomic E-state index is 11.7. The quantitative estimate of drug-likeness (QED) is 0.526. The van der Waals surface area contributed by atoms with Crippen LogP contribution in [0.1, 0.15) is 33.1 Å². The van der Waals surface area contributed by atoms with Crippen LogP contribution in [0.25, 0.3) is 0 Å². The van der Waals surface area contributed by atoms with Crippen molar-refractivity contribution in [3.63, 3.8) is 0 Å². The zero-order valence-corrected chi connectivity index (χ0v) is 10.5. The average molecular weight is 257 g/mol. The Labute approximate surface area is 105 Å². The molecule has 0 saturated heterocycles. The molecule has 0 heterocycles. The van der Waals surface area contributed by atoms with Gasteiger partial charge in [-0.3, -0.25) is 9.59 Å². The van der Waals surface area contributed by atoms with E-state index < -0.39 is 29.5 Å². The molecule has 0 spiro atoms. The Morgan fingerprint density at radius 2 is 1.94 bits per heavy atom. The van der Waals surface area contributed by atoms with E-state index in [0.29, 0.717) is 0 Å². The molecule has 5 N–H and O–H groups in total. The van der Waals surface area contributed by atoms with E-state index >= 15 is 0 Å². The van der Waals surface area contributed by atoms with E-state index in [9.17, 15) is 14.4 Å². The molecule has 0 radical (unpaired) electrons. The van der Waals surface area contributed by atoms with Gasteiger partial charge in [-0.05, 0) is 32.6 Å². The number of amides is 3. The average Bonchev–Trinajstić information content (AvgIpc) is 2.97. The van der Waals surface area contributed by atoms with Crippen LogP contribution < -0.4 is 16.4 Å². The highest BCUT2D eigenvalue weighted by Crippen LogP contribution is 2.34. The van der Waals surface area contributed by atoms with Crippen LogP contribution in [0, 0.1) is 5.92 Å². The second-order valence-corrected chi connectivity index (χ2v) is 5.13. The minimum Gasteiger partial charge on any atom is -0.481 e. The van der Waals surface area contributed by atoms with Crippen LogP contribution in [0.4, 0.5) is 4.79 Å². The van der Waals surface area contributed by atoms with Gasteiger partial charge in [0.05, 0.1) is 6.42 Å². The molecule has 1 saturated carbocycles. The van der Waals surface area contributed by atoms with Crippen molar-refractivity contribution in [3.8, 4) is 0 Å². The molecule has 0 aromatic carbocycles. The zero-order chi connectivity index (χ0) is 13.9. The highest BCUT2D eigenvalue weighted by Gasteiger charge is 2.35. The molecule has 7 heteroatoms. The summed E-state index contributed by atoms with van der Waals surface area (Å²) < 4.78 is 0. The number of carboxylic acids is 1. The molecule has 0 aliphatic heterocycles. The van der Waals surface area contributed by atoms with E-state index in [0.717, 1.165) is 12.8 Å². The lowest BCUT2D eigenvalue weighted by Gasteiger charge is -2.24. The van der Waals surface area contributed by atoms with Gasteiger partial charge in [-0.2, -0.15) is 0 Å². The largest absolute Gasteiger partial charge is 0.481 e. The van der Waals surface area contributed by atoms with Crippen molar-refractivity contribution in [1.29, 1.82) is 0 Å². The monoisotopic (exact) mass is 257 g/mol. The Morgan fingerprint density at radius 3 is 2.33 bits per heavy atom. The maximum absolute atomic E-state index is 11.7. The van der Waals surface area contributed by atoms with Crippen LogP contribution in [0.2, 0.25) is 0 Å². The van der Waals surface area contributed by atoms with Gasteiger partial charge < -0.3 is 21.5 Å². The van der Waals surface area contributed by atoms with Crippen molar-refractivity contribution in [2.24, 2.45) is 11.7 Å². The first-order valence-electron chi connectivity index (χ1n) is 5.82. The Balaban J connectivity index is 2.51. The van der Waals surface area contributed by atoms with Gasteiger partial charge in [-0.25, -0.2) is 4.79 Å². The molecule has 3 amide bonds. The van der Waals surface area contributed by atoms with Crippen LogP contribution in [0.5, 0.6) is 0 Å². The Bertz CT molecular complexity index is 363. The Hall–Kier alpha value is -1.79.